The number of nitrogens with one attached hydrogen (secondary N) is 1. The lowest BCUT2D eigenvalue weighted by Crippen LogP contribution is -2.15. The second kappa shape index (κ2) is 6.62. The van der Waals surface area contributed by atoms with Crippen molar-refractivity contribution >= 4 is 0 Å². The molecule has 3 heteroatoms. The standard InChI is InChI=1S/C14H21NO2/c1-2-15-9-13-5-3-4-6-14(13)17-11-12-7-8-16-10-12/h3-6,12,15H,2,7-11H2,1H3. The number of rotatable bonds is 6. The topological polar surface area (TPSA) is 30.5 Å². The van der Waals surface area contributed by atoms with Crippen molar-refractivity contribution < 1.29 is 9.47 Å². The molecule has 17 heavy (non-hydrogen) atoms. The van der Waals surface area contributed by atoms with Gasteiger partial charge in [0.25, 0.3) is 0 Å². The van der Waals surface area contributed by atoms with Crippen LogP contribution in [0.25, 0.3) is 0 Å². The second-order valence-electron chi connectivity index (χ2n) is 4.43. The molecule has 94 valence electrons. The zero-order chi connectivity index (χ0) is 11.9. The van der Waals surface area contributed by atoms with Gasteiger partial charge in [0.2, 0.25) is 0 Å². The van der Waals surface area contributed by atoms with Gasteiger partial charge in [-0.2, -0.15) is 0 Å². The first kappa shape index (κ1) is 12.4. The molecule has 0 saturated carbocycles. The number of para-hydroxylation sites is 1. The maximum absolute atomic E-state index is 5.90. The van der Waals surface area contributed by atoms with Crippen LogP contribution in [0.5, 0.6) is 5.75 Å². The molecule has 1 N–H and O–H groups in total. The van der Waals surface area contributed by atoms with Crippen molar-refractivity contribution in [1.29, 1.82) is 0 Å². The number of hydrogen-bond donors (Lipinski definition) is 1. The highest BCUT2D eigenvalue weighted by Gasteiger charge is 2.16. The molecule has 0 aromatic heterocycles. The van der Waals surface area contributed by atoms with Gasteiger partial charge in [0.15, 0.2) is 0 Å². The van der Waals surface area contributed by atoms with E-state index in [4.69, 9.17) is 9.47 Å². The van der Waals surface area contributed by atoms with E-state index in [0.29, 0.717) is 5.92 Å². The molecule has 0 amide bonds. The van der Waals surface area contributed by atoms with Gasteiger partial charge in [-0.05, 0) is 19.0 Å². The first-order valence-electron chi connectivity index (χ1n) is 6.39. The highest BCUT2D eigenvalue weighted by molar-refractivity contribution is 5.33. The van der Waals surface area contributed by atoms with Crippen molar-refractivity contribution in [3.05, 3.63) is 29.8 Å². The summed E-state index contributed by atoms with van der Waals surface area (Å²) >= 11 is 0. The molecule has 1 unspecified atom stereocenters. The monoisotopic (exact) mass is 235 g/mol. The van der Waals surface area contributed by atoms with Gasteiger partial charge in [-0.3, -0.25) is 0 Å². The maximum Gasteiger partial charge on any atom is 0.123 e. The molecular formula is C14H21NO2. The predicted octanol–water partition coefficient (Wildman–Crippen LogP) is 2.21. The Balaban J connectivity index is 1.89. The third-order valence-electron chi connectivity index (χ3n) is 3.04. The van der Waals surface area contributed by atoms with E-state index >= 15 is 0 Å². The quantitative estimate of drug-likeness (QED) is 0.820. The molecular weight excluding hydrogens is 214 g/mol. The zero-order valence-corrected chi connectivity index (χ0v) is 10.4. The molecule has 1 aliphatic rings. The molecule has 1 fully saturated rings. The van der Waals surface area contributed by atoms with E-state index in [9.17, 15) is 0 Å². The summed E-state index contributed by atoms with van der Waals surface area (Å²) in [5.41, 5.74) is 1.23. The smallest absolute Gasteiger partial charge is 0.123 e. The van der Waals surface area contributed by atoms with Crippen molar-refractivity contribution in [2.24, 2.45) is 5.92 Å². The summed E-state index contributed by atoms with van der Waals surface area (Å²) in [6.45, 7) is 6.45. The van der Waals surface area contributed by atoms with Crippen molar-refractivity contribution in [1.82, 2.24) is 5.32 Å². The minimum absolute atomic E-state index is 0.558. The molecule has 0 aliphatic carbocycles. The van der Waals surface area contributed by atoms with Crippen molar-refractivity contribution in [3.63, 3.8) is 0 Å². The largest absolute Gasteiger partial charge is 0.493 e. The van der Waals surface area contributed by atoms with Gasteiger partial charge in [-0.1, -0.05) is 25.1 Å². The van der Waals surface area contributed by atoms with E-state index < -0.39 is 0 Å². The summed E-state index contributed by atoms with van der Waals surface area (Å²) in [5, 5.41) is 3.33. The first-order chi connectivity index (χ1) is 8.40. The van der Waals surface area contributed by atoms with Crippen molar-refractivity contribution in [2.75, 3.05) is 26.4 Å². The Morgan fingerprint density at radius 3 is 3.06 bits per heavy atom. The summed E-state index contributed by atoms with van der Waals surface area (Å²) in [6, 6.07) is 8.24. The molecule has 3 nitrogen and oxygen atoms in total. The van der Waals surface area contributed by atoms with Gasteiger partial charge in [-0.25, -0.2) is 0 Å². The van der Waals surface area contributed by atoms with E-state index in [1.54, 1.807) is 0 Å². The fourth-order valence-electron chi connectivity index (χ4n) is 1.97. The highest BCUT2D eigenvalue weighted by atomic mass is 16.5. The maximum atomic E-state index is 5.90. The molecule has 0 bridgehead atoms. The normalized spacial score (nSPS) is 19.5. The number of ether oxygens (including phenoxy) is 2. The molecule has 1 atom stereocenters. The number of hydrogen-bond acceptors (Lipinski definition) is 3. The van der Waals surface area contributed by atoms with Crippen LogP contribution in [0, 0.1) is 5.92 Å². The van der Waals surface area contributed by atoms with Crippen LogP contribution < -0.4 is 10.1 Å². The van der Waals surface area contributed by atoms with Crippen LogP contribution in [-0.2, 0) is 11.3 Å². The van der Waals surface area contributed by atoms with Gasteiger partial charge in [0, 0.05) is 24.6 Å². The minimum atomic E-state index is 0.558. The Morgan fingerprint density at radius 1 is 1.41 bits per heavy atom. The Bertz CT molecular complexity index is 335. The second-order valence-corrected chi connectivity index (χ2v) is 4.43. The lowest BCUT2D eigenvalue weighted by molar-refractivity contribution is 0.166. The van der Waals surface area contributed by atoms with Crippen LogP contribution in [-0.4, -0.2) is 26.4 Å². The highest BCUT2D eigenvalue weighted by Crippen LogP contribution is 2.20. The summed E-state index contributed by atoms with van der Waals surface area (Å²) in [5.74, 6) is 1.56. The summed E-state index contributed by atoms with van der Waals surface area (Å²) in [4.78, 5) is 0. The lowest BCUT2D eigenvalue weighted by atomic mass is 10.1. The predicted molar refractivity (Wildman–Crippen MR) is 68.2 cm³/mol. The van der Waals surface area contributed by atoms with Crippen LogP contribution >= 0.6 is 0 Å². The Morgan fingerprint density at radius 2 is 2.29 bits per heavy atom. The fourth-order valence-corrected chi connectivity index (χ4v) is 1.97. The van der Waals surface area contributed by atoms with Crippen LogP contribution in [0.2, 0.25) is 0 Å². The van der Waals surface area contributed by atoms with Crippen LogP contribution in [0.3, 0.4) is 0 Å². The summed E-state index contributed by atoms with van der Waals surface area (Å²) < 4.78 is 11.2. The molecule has 0 spiro atoms. The lowest BCUT2D eigenvalue weighted by Gasteiger charge is -2.14. The zero-order valence-electron chi connectivity index (χ0n) is 10.4. The van der Waals surface area contributed by atoms with Crippen LogP contribution in [0.1, 0.15) is 18.9 Å². The van der Waals surface area contributed by atoms with Gasteiger partial charge < -0.3 is 14.8 Å². The van der Waals surface area contributed by atoms with E-state index in [-0.39, 0.29) is 0 Å². The van der Waals surface area contributed by atoms with Gasteiger partial charge in [0.05, 0.1) is 13.2 Å². The molecule has 1 aliphatic heterocycles. The van der Waals surface area contributed by atoms with Gasteiger partial charge in [-0.15, -0.1) is 0 Å². The average Bonchev–Trinajstić information content (AvgIpc) is 2.88. The van der Waals surface area contributed by atoms with E-state index in [1.807, 2.05) is 12.1 Å². The number of benzene rings is 1. The molecule has 1 saturated heterocycles. The minimum Gasteiger partial charge on any atom is -0.493 e. The fraction of sp³-hybridized carbons (Fsp3) is 0.571. The Hall–Kier alpha value is -1.06. The first-order valence-corrected chi connectivity index (χ1v) is 6.39. The summed E-state index contributed by atoms with van der Waals surface area (Å²) in [6.07, 6.45) is 1.12. The third kappa shape index (κ3) is 3.72. The SMILES string of the molecule is CCNCc1ccccc1OCC1CCOC1. The van der Waals surface area contributed by atoms with Crippen molar-refractivity contribution in [2.45, 2.75) is 19.9 Å². The summed E-state index contributed by atoms with van der Waals surface area (Å²) in [7, 11) is 0. The Kier molecular flexibility index (Phi) is 4.83. The van der Waals surface area contributed by atoms with Gasteiger partial charge >= 0.3 is 0 Å². The van der Waals surface area contributed by atoms with Crippen molar-refractivity contribution in [3.8, 4) is 5.75 Å². The van der Waals surface area contributed by atoms with E-state index in [1.165, 1.54) is 5.56 Å². The van der Waals surface area contributed by atoms with Gasteiger partial charge in [0.1, 0.15) is 5.75 Å². The Labute approximate surface area is 103 Å². The van der Waals surface area contributed by atoms with E-state index in [2.05, 4.69) is 24.4 Å². The molecule has 1 aromatic carbocycles. The molecule has 0 radical (unpaired) electrons. The van der Waals surface area contributed by atoms with Crippen LogP contribution in [0.15, 0.2) is 24.3 Å². The van der Waals surface area contributed by atoms with E-state index in [0.717, 1.165) is 45.1 Å². The molecule has 1 heterocycles. The molecule has 2 rings (SSSR count). The molecule has 1 aromatic rings. The third-order valence-corrected chi connectivity index (χ3v) is 3.04. The average molecular weight is 235 g/mol. The van der Waals surface area contributed by atoms with Crippen LogP contribution in [0.4, 0.5) is 0 Å².